The van der Waals surface area contributed by atoms with Gasteiger partial charge in [-0.25, -0.2) is 0 Å². The molecular formula is C28H31BrN2O3. The number of hydrogen-bond donors (Lipinski definition) is 1. The van der Waals surface area contributed by atoms with E-state index in [0.29, 0.717) is 31.2 Å². The van der Waals surface area contributed by atoms with Crippen LogP contribution in [0, 0.1) is 5.92 Å². The Morgan fingerprint density at radius 3 is 2.12 bits per heavy atom. The quantitative estimate of drug-likeness (QED) is 0.374. The molecule has 178 valence electrons. The fourth-order valence-electron chi connectivity index (χ4n) is 3.51. The van der Waals surface area contributed by atoms with Crippen LogP contribution in [0.15, 0.2) is 89.4 Å². The maximum absolute atomic E-state index is 13.5. The molecule has 2 amide bonds. The van der Waals surface area contributed by atoms with Gasteiger partial charge in [0, 0.05) is 24.0 Å². The van der Waals surface area contributed by atoms with Gasteiger partial charge in [0.15, 0.2) is 6.61 Å². The number of nitrogens with zero attached hydrogens (tertiary/aromatic N) is 1. The van der Waals surface area contributed by atoms with Gasteiger partial charge in [-0.1, -0.05) is 90.4 Å². The van der Waals surface area contributed by atoms with Gasteiger partial charge in [-0.2, -0.15) is 0 Å². The van der Waals surface area contributed by atoms with Crippen molar-refractivity contribution in [2.24, 2.45) is 5.92 Å². The van der Waals surface area contributed by atoms with Gasteiger partial charge in [-0.3, -0.25) is 9.59 Å². The Morgan fingerprint density at radius 2 is 1.50 bits per heavy atom. The molecule has 3 aromatic rings. The number of carbonyl (C=O) groups excluding carboxylic acids is 2. The highest BCUT2D eigenvalue weighted by Crippen LogP contribution is 2.18. The van der Waals surface area contributed by atoms with Crippen molar-refractivity contribution < 1.29 is 14.3 Å². The third-order valence-electron chi connectivity index (χ3n) is 5.33. The molecule has 34 heavy (non-hydrogen) atoms. The van der Waals surface area contributed by atoms with Crippen molar-refractivity contribution in [2.75, 3.05) is 13.2 Å². The van der Waals surface area contributed by atoms with E-state index in [0.717, 1.165) is 15.6 Å². The lowest BCUT2D eigenvalue weighted by atomic mass is 10.0. The number of nitrogens with one attached hydrogen (secondary N) is 1. The van der Waals surface area contributed by atoms with Gasteiger partial charge in [-0.15, -0.1) is 0 Å². The Hall–Kier alpha value is -3.12. The van der Waals surface area contributed by atoms with Crippen molar-refractivity contribution in [3.8, 4) is 5.75 Å². The SMILES string of the molecule is CC(C)CNC(=O)[C@@H](Cc1ccccc1)N(Cc1ccc(Br)cc1)C(=O)COc1ccccc1. The van der Waals surface area contributed by atoms with E-state index in [9.17, 15) is 9.59 Å². The summed E-state index contributed by atoms with van der Waals surface area (Å²) in [5.74, 6) is 0.511. The molecule has 0 spiro atoms. The average Bonchev–Trinajstić information content (AvgIpc) is 2.85. The van der Waals surface area contributed by atoms with Gasteiger partial charge in [0.1, 0.15) is 11.8 Å². The Labute approximate surface area is 210 Å². The molecule has 5 nitrogen and oxygen atoms in total. The van der Waals surface area contributed by atoms with E-state index in [2.05, 4.69) is 21.2 Å². The summed E-state index contributed by atoms with van der Waals surface area (Å²) in [6, 6.07) is 26.1. The summed E-state index contributed by atoms with van der Waals surface area (Å²) in [5, 5.41) is 3.03. The summed E-state index contributed by atoms with van der Waals surface area (Å²) in [6.07, 6.45) is 0.415. The van der Waals surface area contributed by atoms with Gasteiger partial charge in [0.05, 0.1) is 0 Å². The van der Waals surface area contributed by atoms with E-state index in [1.165, 1.54) is 0 Å². The van der Waals surface area contributed by atoms with Crippen LogP contribution in [0.25, 0.3) is 0 Å². The molecule has 1 atom stereocenters. The minimum atomic E-state index is -0.670. The highest BCUT2D eigenvalue weighted by atomic mass is 79.9. The number of benzene rings is 3. The molecule has 0 aliphatic carbocycles. The predicted molar refractivity (Wildman–Crippen MR) is 138 cm³/mol. The molecule has 0 bridgehead atoms. The smallest absolute Gasteiger partial charge is 0.261 e. The first-order valence-corrected chi connectivity index (χ1v) is 12.2. The van der Waals surface area contributed by atoms with E-state index < -0.39 is 6.04 Å². The maximum Gasteiger partial charge on any atom is 0.261 e. The molecule has 0 saturated heterocycles. The van der Waals surface area contributed by atoms with Gasteiger partial charge in [-0.05, 0) is 41.3 Å². The van der Waals surface area contributed by atoms with Crippen LogP contribution in [-0.4, -0.2) is 35.9 Å². The molecule has 3 aromatic carbocycles. The number of rotatable bonds is 11. The average molecular weight is 523 g/mol. The van der Waals surface area contributed by atoms with Crippen molar-refractivity contribution in [2.45, 2.75) is 32.9 Å². The van der Waals surface area contributed by atoms with E-state index >= 15 is 0 Å². The third-order valence-corrected chi connectivity index (χ3v) is 5.86. The number of halogens is 1. The van der Waals surface area contributed by atoms with Gasteiger partial charge >= 0.3 is 0 Å². The van der Waals surface area contributed by atoms with Crippen LogP contribution < -0.4 is 10.1 Å². The maximum atomic E-state index is 13.5. The van der Waals surface area contributed by atoms with E-state index in [-0.39, 0.29) is 18.4 Å². The van der Waals surface area contributed by atoms with E-state index in [1.807, 2.05) is 98.8 Å². The minimum Gasteiger partial charge on any atom is -0.484 e. The first kappa shape index (κ1) is 25.5. The van der Waals surface area contributed by atoms with Crippen molar-refractivity contribution in [1.29, 1.82) is 0 Å². The molecular weight excluding hydrogens is 492 g/mol. The van der Waals surface area contributed by atoms with Crippen LogP contribution in [0.2, 0.25) is 0 Å². The second-order valence-electron chi connectivity index (χ2n) is 8.59. The molecule has 0 aliphatic heterocycles. The van der Waals surface area contributed by atoms with E-state index in [1.54, 1.807) is 4.90 Å². The van der Waals surface area contributed by atoms with Crippen molar-refractivity contribution >= 4 is 27.7 Å². The lowest BCUT2D eigenvalue weighted by molar-refractivity contribution is -0.142. The normalized spacial score (nSPS) is 11.6. The lowest BCUT2D eigenvalue weighted by Crippen LogP contribution is -2.52. The van der Waals surface area contributed by atoms with Gasteiger partial charge < -0.3 is 15.0 Å². The van der Waals surface area contributed by atoms with Gasteiger partial charge in [0.25, 0.3) is 5.91 Å². The molecule has 0 unspecified atom stereocenters. The van der Waals surface area contributed by atoms with Crippen LogP contribution in [-0.2, 0) is 22.6 Å². The molecule has 0 fully saturated rings. The molecule has 0 saturated carbocycles. The van der Waals surface area contributed by atoms with Crippen molar-refractivity contribution in [3.63, 3.8) is 0 Å². The third kappa shape index (κ3) is 8.03. The highest BCUT2D eigenvalue weighted by Gasteiger charge is 2.30. The number of hydrogen-bond acceptors (Lipinski definition) is 3. The largest absolute Gasteiger partial charge is 0.484 e. The fourth-order valence-corrected chi connectivity index (χ4v) is 3.77. The zero-order valence-corrected chi connectivity index (χ0v) is 21.2. The molecule has 0 radical (unpaired) electrons. The Morgan fingerprint density at radius 1 is 0.882 bits per heavy atom. The fraction of sp³-hybridized carbons (Fsp3) is 0.286. The first-order chi connectivity index (χ1) is 16.4. The number of amides is 2. The summed E-state index contributed by atoms with van der Waals surface area (Å²) in [7, 11) is 0. The van der Waals surface area contributed by atoms with Crippen molar-refractivity contribution in [1.82, 2.24) is 10.2 Å². The van der Waals surface area contributed by atoms with Gasteiger partial charge in [0.2, 0.25) is 5.91 Å². The van der Waals surface area contributed by atoms with Crippen LogP contribution in [0.4, 0.5) is 0 Å². The van der Waals surface area contributed by atoms with E-state index in [4.69, 9.17) is 4.74 Å². The van der Waals surface area contributed by atoms with Crippen LogP contribution in [0.3, 0.4) is 0 Å². The topological polar surface area (TPSA) is 58.6 Å². The second kappa shape index (κ2) is 12.9. The highest BCUT2D eigenvalue weighted by molar-refractivity contribution is 9.10. The summed E-state index contributed by atoms with van der Waals surface area (Å²) in [6.45, 7) is 4.79. The van der Waals surface area contributed by atoms with Crippen LogP contribution >= 0.6 is 15.9 Å². The molecule has 0 heterocycles. The second-order valence-corrected chi connectivity index (χ2v) is 9.51. The molecule has 0 aliphatic rings. The lowest BCUT2D eigenvalue weighted by Gasteiger charge is -2.31. The van der Waals surface area contributed by atoms with Crippen molar-refractivity contribution in [3.05, 3.63) is 101 Å². The summed E-state index contributed by atoms with van der Waals surface area (Å²) in [5.41, 5.74) is 1.93. The number of carbonyl (C=O) groups is 2. The Bertz CT molecular complexity index is 1040. The standard InChI is InChI=1S/C28H31BrN2O3/c1-21(2)18-30-28(33)26(17-22-9-5-3-6-10-22)31(19-23-13-15-24(29)16-14-23)27(32)20-34-25-11-7-4-8-12-25/h3-16,21,26H,17-20H2,1-2H3,(H,30,33)/t26-/m1/s1. The summed E-state index contributed by atoms with van der Waals surface area (Å²) < 4.78 is 6.71. The van der Waals surface area contributed by atoms with Crippen LogP contribution in [0.1, 0.15) is 25.0 Å². The zero-order chi connectivity index (χ0) is 24.3. The predicted octanol–water partition coefficient (Wildman–Crippen LogP) is 5.24. The minimum absolute atomic E-state index is 0.150. The molecule has 6 heteroatoms. The first-order valence-electron chi connectivity index (χ1n) is 11.5. The Balaban J connectivity index is 1.88. The summed E-state index contributed by atoms with van der Waals surface area (Å²) in [4.78, 5) is 28.5. The molecule has 0 aromatic heterocycles. The zero-order valence-electron chi connectivity index (χ0n) is 19.6. The monoisotopic (exact) mass is 522 g/mol. The number of ether oxygens (including phenoxy) is 1. The van der Waals surface area contributed by atoms with Crippen LogP contribution in [0.5, 0.6) is 5.75 Å². The number of para-hydroxylation sites is 1. The molecule has 1 N–H and O–H groups in total. The molecule has 3 rings (SSSR count). The summed E-state index contributed by atoms with van der Waals surface area (Å²) >= 11 is 3.46. The Kier molecular flexibility index (Phi) is 9.71.